The monoisotopic (exact) mass is 362 g/mol. The highest BCUT2D eigenvalue weighted by atomic mass is 15.1. The van der Waals surface area contributed by atoms with E-state index in [1.165, 1.54) is 27.4 Å². The molecule has 1 aromatic heterocycles. The molecule has 0 unspecified atom stereocenters. The van der Waals surface area contributed by atoms with Crippen molar-refractivity contribution in [1.82, 2.24) is 9.55 Å². The third-order valence-corrected chi connectivity index (χ3v) is 5.57. The molecule has 1 heterocycles. The molecule has 0 aliphatic carbocycles. The molecule has 0 radical (unpaired) electrons. The van der Waals surface area contributed by atoms with Gasteiger partial charge in [0.2, 0.25) is 0 Å². The highest BCUT2D eigenvalue weighted by molar-refractivity contribution is 5.86. The fraction of sp³-hybridized carbons (Fsp3) is 0.115. The van der Waals surface area contributed by atoms with E-state index in [-0.39, 0.29) is 6.04 Å². The third-order valence-electron chi connectivity index (χ3n) is 5.57. The Morgan fingerprint density at radius 1 is 0.750 bits per heavy atom. The molecule has 136 valence electrons. The molecule has 2 nitrogen and oxygen atoms in total. The van der Waals surface area contributed by atoms with E-state index in [9.17, 15) is 0 Å². The fourth-order valence-electron chi connectivity index (χ4n) is 4.15. The van der Waals surface area contributed by atoms with Gasteiger partial charge in [-0.3, -0.25) is 0 Å². The maximum atomic E-state index is 5.02. The third kappa shape index (κ3) is 2.87. The Bertz CT molecular complexity index is 1250. The average Bonchev–Trinajstić information content (AvgIpc) is 3.12. The Morgan fingerprint density at radius 3 is 2.36 bits per heavy atom. The van der Waals surface area contributed by atoms with Crippen LogP contribution in [-0.4, -0.2) is 9.55 Å². The lowest BCUT2D eigenvalue weighted by Crippen LogP contribution is -2.11. The second-order valence-corrected chi connectivity index (χ2v) is 7.29. The summed E-state index contributed by atoms with van der Waals surface area (Å²) in [6.45, 7) is 2.26. The molecule has 5 rings (SSSR count). The molecule has 0 amide bonds. The summed E-state index contributed by atoms with van der Waals surface area (Å²) in [5.74, 6) is 1.11. The number of fused-ring (bicyclic) bond motifs is 2. The van der Waals surface area contributed by atoms with Gasteiger partial charge in [0, 0.05) is 6.42 Å². The van der Waals surface area contributed by atoms with Crippen LogP contribution in [0, 0.1) is 0 Å². The second-order valence-electron chi connectivity index (χ2n) is 7.29. The number of para-hydroxylation sites is 2. The molecule has 0 spiro atoms. The van der Waals surface area contributed by atoms with E-state index in [2.05, 4.69) is 109 Å². The van der Waals surface area contributed by atoms with Gasteiger partial charge in [-0.25, -0.2) is 4.98 Å². The van der Waals surface area contributed by atoms with Crippen LogP contribution in [0.15, 0.2) is 97.1 Å². The zero-order valence-electron chi connectivity index (χ0n) is 15.9. The molecular weight excluding hydrogens is 340 g/mol. The molecule has 0 aliphatic rings. The molecule has 0 N–H and O–H groups in total. The summed E-state index contributed by atoms with van der Waals surface area (Å²) in [5.41, 5.74) is 4.86. The Kier molecular flexibility index (Phi) is 4.17. The van der Waals surface area contributed by atoms with Gasteiger partial charge in [0.1, 0.15) is 5.82 Å². The van der Waals surface area contributed by atoms with Crippen LogP contribution in [0.5, 0.6) is 0 Å². The first-order valence-corrected chi connectivity index (χ1v) is 9.79. The number of hydrogen-bond donors (Lipinski definition) is 0. The van der Waals surface area contributed by atoms with Crippen molar-refractivity contribution in [1.29, 1.82) is 0 Å². The molecule has 0 fully saturated rings. The molecule has 4 aromatic carbocycles. The van der Waals surface area contributed by atoms with Gasteiger partial charge >= 0.3 is 0 Å². The van der Waals surface area contributed by atoms with Gasteiger partial charge in [0.15, 0.2) is 0 Å². The number of rotatable bonds is 4. The first-order valence-electron chi connectivity index (χ1n) is 9.79. The standard InChI is InChI=1S/C26H22N2/c1-19(20-10-3-2-4-11-20)28-25-17-8-7-16-24(25)27-26(28)18-22-14-9-13-21-12-5-6-15-23(21)22/h2-17,19H,18H2,1H3/t19-/m1/s1. The van der Waals surface area contributed by atoms with Crippen LogP contribution in [0.4, 0.5) is 0 Å². The minimum Gasteiger partial charge on any atom is -0.320 e. The van der Waals surface area contributed by atoms with E-state index < -0.39 is 0 Å². The molecule has 0 bridgehead atoms. The molecule has 2 heteroatoms. The largest absolute Gasteiger partial charge is 0.320 e. The molecule has 5 aromatic rings. The van der Waals surface area contributed by atoms with Crippen molar-refractivity contribution in [3.05, 3.63) is 114 Å². The summed E-state index contributed by atoms with van der Waals surface area (Å²) in [6, 6.07) is 34.5. The first-order chi connectivity index (χ1) is 13.8. The molecular formula is C26H22N2. The minimum atomic E-state index is 0.221. The second kappa shape index (κ2) is 6.97. The SMILES string of the molecule is C[C@H](c1ccccc1)n1c(Cc2cccc3ccccc23)nc2ccccc21. The number of hydrogen-bond acceptors (Lipinski definition) is 1. The molecule has 1 atom stereocenters. The normalized spacial score (nSPS) is 12.5. The molecule has 28 heavy (non-hydrogen) atoms. The molecule has 0 aliphatic heterocycles. The van der Waals surface area contributed by atoms with E-state index in [0.29, 0.717) is 0 Å². The van der Waals surface area contributed by atoms with Crippen molar-refractivity contribution in [2.45, 2.75) is 19.4 Å². The van der Waals surface area contributed by atoms with Crippen LogP contribution in [0.25, 0.3) is 21.8 Å². The van der Waals surface area contributed by atoms with Crippen LogP contribution in [-0.2, 0) is 6.42 Å². The first kappa shape index (κ1) is 16.8. The average molecular weight is 362 g/mol. The summed E-state index contributed by atoms with van der Waals surface area (Å²) in [4.78, 5) is 5.02. The molecule has 0 saturated carbocycles. The van der Waals surface area contributed by atoms with Gasteiger partial charge in [0.05, 0.1) is 17.1 Å². The quantitative estimate of drug-likeness (QED) is 0.362. The number of aromatic nitrogens is 2. The van der Waals surface area contributed by atoms with E-state index in [4.69, 9.17) is 4.98 Å². The van der Waals surface area contributed by atoms with Crippen LogP contribution in [0.2, 0.25) is 0 Å². The van der Waals surface area contributed by atoms with Crippen molar-refractivity contribution in [3.8, 4) is 0 Å². The lowest BCUT2D eigenvalue weighted by molar-refractivity contribution is 0.627. The number of nitrogens with zero attached hydrogens (tertiary/aromatic N) is 2. The van der Waals surface area contributed by atoms with Crippen LogP contribution in [0.1, 0.15) is 29.9 Å². The highest BCUT2D eigenvalue weighted by Gasteiger charge is 2.18. The maximum absolute atomic E-state index is 5.02. The lowest BCUT2D eigenvalue weighted by atomic mass is 10.0. The number of benzene rings is 4. The van der Waals surface area contributed by atoms with E-state index >= 15 is 0 Å². The molecule has 0 saturated heterocycles. The van der Waals surface area contributed by atoms with Gasteiger partial charge in [-0.2, -0.15) is 0 Å². The van der Waals surface area contributed by atoms with Crippen LogP contribution < -0.4 is 0 Å². The van der Waals surface area contributed by atoms with E-state index in [1.54, 1.807) is 0 Å². The topological polar surface area (TPSA) is 17.8 Å². The van der Waals surface area contributed by atoms with Gasteiger partial charge in [0.25, 0.3) is 0 Å². The Balaban J connectivity index is 1.67. The van der Waals surface area contributed by atoms with E-state index in [0.717, 1.165) is 17.8 Å². The summed E-state index contributed by atoms with van der Waals surface area (Å²) >= 11 is 0. The lowest BCUT2D eigenvalue weighted by Gasteiger charge is -2.19. The van der Waals surface area contributed by atoms with Gasteiger partial charge in [-0.15, -0.1) is 0 Å². The summed E-state index contributed by atoms with van der Waals surface area (Å²) in [5, 5.41) is 2.58. The van der Waals surface area contributed by atoms with Crippen molar-refractivity contribution in [2.75, 3.05) is 0 Å². The van der Waals surface area contributed by atoms with Crippen LogP contribution in [0.3, 0.4) is 0 Å². The minimum absolute atomic E-state index is 0.221. The smallest absolute Gasteiger partial charge is 0.114 e. The summed E-state index contributed by atoms with van der Waals surface area (Å²) < 4.78 is 2.40. The van der Waals surface area contributed by atoms with Crippen molar-refractivity contribution in [3.63, 3.8) is 0 Å². The zero-order chi connectivity index (χ0) is 18.9. The van der Waals surface area contributed by atoms with Crippen LogP contribution >= 0.6 is 0 Å². The Hall–Kier alpha value is -3.39. The predicted octanol–water partition coefficient (Wildman–Crippen LogP) is 6.39. The predicted molar refractivity (Wildman–Crippen MR) is 117 cm³/mol. The summed E-state index contributed by atoms with van der Waals surface area (Å²) in [6.07, 6.45) is 0.813. The summed E-state index contributed by atoms with van der Waals surface area (Å²) in [7, 11) is 0. The van der Waals surface area contributed by atoms with Gasteiger partial charge in [-0.05, 0) is 41.0 Å². The van der Waals surface area contributed by atoms with Gasteiger partial charge < -0.3 is 4.57 Å². The van der Waals surface area contributed by atoms with Crippen molar-refractivity contribution in [2.24, 2.45) is 0 Å². The van der Waals surface area contributed by atoms with Crippen molar-refractivity contribution >= 4 is 21.8 Å². The number of imidazole rings is 1. The Labute approximate surface area is 165 Å². The van der Waals surface area contributed by atoms with E-state index in [1.807, 2.05) is 0 Å². The highest BCUT2D eigenvalue weighted by Crippen LogP contribution is 2.29. The van der Waals surface area contributed by atoms with Crippen molar-refractivity contribution < 1.29 is 0 Å². The Morgan fingerprint density at radius 2 is 1.46 bits per heavy atom. The maximum Gasteiger partial charge on any atom is 0.114 e. The van der Waals surface area contributed by atoms with Gasteiger partial charge in [-0.1, -0.05) is 84.9 Å². The fourth-order valence-corrected chi connectivity index (χ4v) is 4.15. The zero-order valence-corrected chi connectivity index (χ0v) is 15.9.